The Labute approximate surface area is 68.5 Å². The van der Waals surface area contributed by atoms with Crippen molar-refractivity contribution < 1.29 is 9.47 Å². The van der Waals surface area contributed by atoms with E-state index in [1.165, 1.54) is 12.5 Å². The van der Waals surface area contributed by atoms with Crippen LogP contribution in [0.1, 0.15) is 13.3 Å². The molecule has 1 unspecified atom stereocenters. The molecule has 0 rings (SSSR count). The molecule has 0 radical (unpaired) electrons. The van der Waals surface area contributed by atoms with Crippen molar-refractivity contribution in [2.45, 2.75) is 13.3 Å². The molecule has 0 fully saturated rings. The molecule has 0 aromatic heterocycles. The first-order chi connectivity index (χ1) is 5.31. The van der Waals surface area contributed by atoms with Gasteiger partial charge >= 0.3 is 0 Å². The van der Waals surface area contributed by atoms with Gasteiger partial charge in [0.25, 0.3) is 0 Å². The van der Waals surface area contributed by atoms with Gasteiger partial charge in [-0.25, -0.2) is 0 Å². The van der Waals surface area contributed by atoms with Crippen molar-refractivity contribution in [3.05, 3.63) is 25.7 Å². The van der Waals surface area contributed by atoms with E-state index in [4.69, 9.17) is 9.47 Å². The molecular weight excluding hydrogens is 140 g/mol. The monoisotopic (exact) mass is 156 g/mol. The fourth-order valence-electron chi connectivity index (χ4n) is 0.668. The topological polar surface area (TPSA) is 18.5 Å². The summed E-state index contributed by atoms with van der Waals surface area (Å²) in [7, 11) is 0. The first-order valence-electron chi connectivity index (χ1n) is 3.76. The number of rotatable bonds is 7. The van der Waals surface area contributed by atoms with Gasteiger partial charge in [0.15, 0.2) is 0 Å². The Balaban J connectivity index is 3.14. The summed E-state index contributed by atoms with van der Waals surface area (Å²) in [6, 6.07) is 0. The highest BCUT2D eigenvalue weighted by molar-refractivity contribution is 4.56. The third-order valence-corrected chi connectivity index (χ3v) is 1.34. The number of ether oxygens (including phenoxy) is 2. The van der Waals surface area contributed by atoms with Crippen LogP contribution < -0.4 is 0 Å². The van der Waals surface area contributed by atoms with Crippen LogP contribution in [0.15, 0.2) is 25.7 Å². The molecule has 0 aromatic carbocycles. The number of hydrogen-bond acceptors (Lipinski definition) is 2. The maximum absolute atomic E-state index is 5.01. The molecule has 0 aliphatic heterocycles. The van der Waals surface area contributed by atoms with Gasteiger partial charge in [0.2, 0.25) is 0 Å². The van der Waals surface area contributed by atoms with Crippen molar-refractivity contribution >= 4 is 0 Å². The van der Waals surface area contributed by atoms with Crippen LogP contribution >= 0.6 is 0 Å². The quantitative estimate of drug-likeness (QED) is 0.416. The summed E-state index contributed by atoms with van der Waals surface area (Å²) in [4.78, 5) is 0. The lowest BCUT2D eigenvalue weighted by Crippen LogP contribution is -2.05. The summed E-state index contributed by atoms with van der Waals surface area (Å²) in [5.74, 6) is 0.507. The summed E-state index contributed by atoms with van der Waals surface area (Å²) >= 11 is 0. The fraction of sp³-hybridized carbons (Fsp3) is 0.556. The van der Waals surface area contributed by atoms with Crippen LogP contribution in [0, 0.1) is 5.92 Å². The molecule has 0 heterocycles. The summed E-state index contributed by atoms with van der Waals surface area (Å²) in [6.07, 6.45) is 3.91. The van der Waals surface area contributed by atoms with Crippen molar-refractivity contribution in [3.8, 4) is 0 Å². The van der Waals surface area contributed by atoms with E-state index >= 15 is 0 Å². The van der Waals surface area contributed by atoms with Crippen LogP contribution in [0.5, 0.6) is 0 Å². The molecule has 0 aromatic rings. The van der Waals surface area contributed by atoms with Crippen LogP contribution in [0.2, 0.25) is 0 Å². The van der Waals surface area contributed by atoms with Gasteiger partial charge in [0, 0.05) is 0 Å². The van der Waals surface area contributed by atoms with E-state index in [2.05, 4.69) is 20.1 Å². The van der Waals surface area contributed by atoms with Gasteiger partial charge in [-0.05, 0) is 12.3 Å². The SMILES string of the molecule is C=COCCC(C)COC=C. The van der Waals surface area contributed by atoms with E-state index in [0.717, 1.165) is 6.42 Å². The Bertz CT molecular complexity index is 110. The predicted octanol–water partition coefficient (Wildman–Crippen LogP) is 2.33. The Hall–Kier alpha value is -0.920. The first kappa shape index (κ1) is 10.1. The van der Waals surface area contributed by atoms with Crippen LogP contribution in [0.4, 0.5) is 0 Å². The summed E-state index contributed by atoms with van der Waals surface area (Å²) in [5.41, 5.74) is 0. The van der Waals surface area contributed by atoms with Gasteiger partial charge in [0.1, 0.15) is 0 Å². The first-order valence-corrected chi connectivity index (χ1v) is 3.76. The van der Waals surface area contributed by atoms with E-state index in [-0.39, 0.29) is 0 Å². The summed E-state index contributed by atoms with van der Waals surface area (Å²) in [6.45, 7) is 10.4. The maximum Gasteiger partial charge on any atom is 0.0899 e. The zero-order valence-corrected chi connectivity index (χ0v) is 7.08. The Morgan fingerprint density at radius 1 is 1.27 bits per heavy atom. The van der Waals surface area contributed by atoms with Gasteiger partial charge in [-0.2, -0.15) is 0 Å². The van der Waals surface area contributed by atoms with E-state index < -0.39 is 0 Å². The average Bonchev–Trinajstić information content (AvgIpc) is 2.01. The van der Waals surface area contributed by atoms with Crippen LogP contribution in [0.25, 0.3) is 0 Å². The lowest BCUT2D eigenvalue weighted by Gasteiger charge is -2.09. The van der Waals surface area contributed by atoms with Gasteiger partial charge in [-0.3, -0.25) is 0 Å². The molecule has 2 heteroatoms. The van der Waals surface area contributed by atoms with Crippen LogP contribution in [-0.2, 0) is 9.47 Å². The minimum Gasteiger partial charge on any atom is -0.502 e. The van der Waals surface area contributed by atoms with Crippen molar-refractivity contribution in [1.29, 1.82) is 0 Å². The lowest BCUT2D eigenvalue weighted by molar-refractivity contribution is 0.165. The third-order valence-electron chi connectivity index (χ3n) is 1.34. The second-order valence-corrected chi connectivity index (χ2v) is 2.43. The standard InChI is InChI=1S/C9H16O2/c1-4-10-7-6-9(3)8-11-5-2/h4-5,9H,1-2,6-8H2,3H3. The molecule has 0 N–H and O–H groups in total. The van der Waals surface area contributed by atoms with Crippen molar-refractivity contribution in [3.63, 3.8) is 0 Å². The Morgan fingerprint density at radius 3 is 2.45 bits per heavy atom. The van der Waals surface area contributed by atoms with Crippen LogP contribution in [0.3, 0.4) is 0 Å². The van der Waals surface area contributed by atoms with E-state index in [1.807, 2.05) is 0 Å². The van der Waals surface area contributed by atoms with Crippen molar-refractivity contribution in [2.24, 2.45) is 5.92 Å². The van der Waals surface area contributed by atoms with Crippen molar-refractivity contribution in [1.82, 2.24) is 0 Å². The molecule has 0 amide bonds. The highest BCUT2D eigenvalue weighted by Gasteiger charge is 2.00. The third kappa shape index (κ3) is 6.97. The molecule has 2 nitrogen and oxygen atoms in total. The molecule has 0 aliphatic carbocycles. The zero-order chi connectivity index (χ0) is 8.53. The Morgan fingerprint density at radius 2 is 1.91 bits per heavy atom. The second-order valence-electron chi connectivity index (χ2n) is 2.43. The smallest absolute Gasteiger partial charge is 0.0899 e. The second kappa shape index (κ2) is 7.19. The molecule has 0 saturated heterocycles. The van der Waals surface area contributed by atoms with Crippen molar-refractivity contribution in [2.75, 3.05) is 13.2 Å². The molecular formula is C9H16O2. The van der Waals surface area contributed by atoms with Crippen LogP contribution in [-0.4, -0.2) is 13.2 Å². The largest absolute Gasteiger partial charge is 0.502 e. The zero-order valence-electron chi connectivity index (χ0n) is 7.08. The van der Waals surface area contributed by atoms with E-state index in [0.29, 0.717) is 19.1 Å². The Kier molecular flexibility index (Phi) is 6.59. The predicted molar refractivity (Wildman–Crippen MR) is 46.1 cm³/mol. The lowest BCUT2D eigenvalue weighted by atomic mass is 10.1. The summed E-state index contributed by atoms with van der Waals surface area (Å²) in [5, 5.41) is 0. The molecule has 0 aliphatic rings. The summed E-state index contributed by atoms with van der Waals surface area (Å²) < 4.78 is 9.98. The van der Waals surface area contributed by atoms with Gasteiger partial charge in [0.05, 0.1) is 25.7 Å². The molecule has 1 atom stereocenters. The average molecular weight is 156 g/mol. The number of hydrogen-bond donors (Lipinski definition) is 0. The normalized spacial score (nSPS) is 11.7. The maximum atomic E-state index is 5.01. The highest BCUT2D eigenvalue weighted by atomic mass is 16.5. The molecule has 0 bridgehead atoms. The molecule has 64 valence electrons. The molecule has 0 saturated carbocycles. The fourth-order valence-corrected chi connectivity index (χ4v) is 0.668. The van der Waals surface area contributed by atoms with Gasteiger partial charge < -0.3 is 9.47 Å². The highest BCUT2D eigenvalue weighted by Crippen LogP contribution is 2.02. The van der Waals surface area contributed by atoms with E-state index in [1.54, 1.807) is 0 Å². The minimum absolute atomic E-state index is 0.507. The molecule has 11 heavy (non-hydrogen) atoms. The van der Waals surface area contributed by atoms with Gasteiger partial charge in [-0.1, -0.05) is 20.1 Å². The molecule has 0 spiro atoms. The van der Waals surface area contributed by atoms with Gasteiger partial charge in [-0.15, -0.1) is 0 Å². The van der Waals surface area contributed by atoms with E-state index in [9.17, 15) is 0 Å². The minimum atomic E-state index is 0.507.